The maximum atomic E-state index is 10.8. The third-order valence-corrected chi connectivity index (χ3v) is 2.93. The molecule has 0 fully saturated rings. The molecule has 1 aromatic carbocycles. The molecule has 0 aliphatic heterocycles. The maximum Gasteiger partial charge on any atom is 0.288 e. The van der Waals surface area contributed by atoms with Crippen molar-refractivity contribution in [2.75, 3.05) is 0 Å². The Bertz CT molecular complexity index is 609. The lowest BCUT2D eigenvalue weighted by Gasteiger charge is -2.02. The van der Waals surface area contributed by atoms with E-state index >= 15 is 0 Å². The van der Waals surface area contributed by atoms with E-state index in [-0.39, 0.29) is 22.3 Å². The second-order valence-corrected chi connectivity index (χ2v) is 4.28. The van der Waals surface area contributed by atoms with Crippen molar-refractivity contribution >= 4 is 28.9 Å². The van der Waals surface area contributed by atoms with Crippen LogP contribution in [-0.2, 0) is 6.61 Å². The quantitative estimate of drug-likeness (QED) is 0.690. The van der Waals surface area contributed by atoms with Crippen molar-refractivity contribution in [2.45, 2.75) is 6.61 Å². The zero-order chi connectivity index (χ0) is 13.3. The Balaban J connectivity index is 2.56. The van der Waals surface area contributed by atoms with Crippen LogP contribution in [0.4, 0.5) is 5.69 Å². The third-order valence-electron chi connectivity index (χ3n) is 2.32. The number of hydrogen-bond donors (Lipinski definition) is 1. The van der Waals surface area contributed by atoms with E-state index in [1.807, 2.05) is 0 Å². The van der Waals surface area contributed by atoms with E-state index in [4.69, 9.17) is 32.7 Å². The summed E-state index contributed by atoms with van der Waals surface area (Å²) in [6.07, 6.45) is 0. The second kappa shape index (κ2) is 4.97. The van der Waals surface area contributed by atoms with Gasteiger partial charge < -0.3 is 9.52 Å². The monoisotopic (exact) mass is 287 g/mol. The van der Waals surface area contributed by atoms with Crippen LogP contribution in [0.2, 0.25) is 10.0 Å². The van der Waals surface area contributed by atoms with Gasteiger partial charge in [0.15, 0.2) is 0 Å². The van der Waals surface area contributed by atoms with Gasteiger partial charge in [-0.1, -0.05) is 23.2 Å². The summed E-state index contributed by atoms with van der Waals surface area (Å²) >= 11 is 11.7. The van der Waals surface area contributed by atoms with E-state index in [2.05, 4.69) is 0 Å². The highest BCUT2D eigenvalue weighted by Crippen LogP contribution is 2.37. The number of benzene rings is 1. The number of halogens is 2. The maximum absolute atomic E-state index is 10.8. The SMILES string of the molecule is O=[N+]([O-])c1cc(-c2ccc(CO)o2)c(Cl)cc1Cl. The Hall–Kier alpha value is -1.56. The van der Waals surface area contributed by atoms with E-state index in [0.717, 1.165) is 0 Å². The molecule has 18 heavy (non-hydrogen) atoms. The number of nitro benzene ring substituents is 1. The number of hydrogen-bond acceptors (Lipinski definition) is 4. The summed E-state index contributed by atoms with van der Waals surface area (Å²) in [6.45, 7) is -0.257. The zero-order valence-corrected chi connectivity index (χ0v) is 10.4. The lowest BCUT2D eigenvalue weighted by Crippen LogP contribution is -1.90. The minimum absolute atomic E-state index is 0.0392. The van der Waals surface area contributed by atoms with Gasteiger partial charge in [-0.3, -0.25) is 10.1 Å². The predicted octanol–water partition coefficient (Wildman–Crippen LogP) is 3.65. The Morgan fingerprint density at radius 1 is 1.28 bits per heavy atom. The number of rotatable bonds is 3. The van der Waals surface area contributed by atoms with Gasteiger partial charge in [-0.2, -0.15) is 0 Å². The largest absolute Gasteiger partial charge is 0.459 e. The molecule has 1 aromatic heterocycles. The van der Waals surface area contributed by atoms with Crippen molar-refractivity contribution in [1.29, 1.82) is 0 Å². The van der Waals surface area contributed by atoms with Crippen LogP contribution in [-0.4, -0.2) is 10.0 Å². The van der Waals surface area contributed by atoms with Crippen LogP contribution in [0.15, 0.2) is 28.7 Å². The molecule has 7 heteroatoms. The first kappa shape index (κ1) is 12.9. The summed E-state index contributed by atoms with van der Waals surface area (Å²) in [4.78, 5) is 10.2. The van der Waals surface area contributed by atoms with Crippen molar-refractivity contribution in [1.82, 2.24) is 0 Å². The molecule has 1 N–H and O–H groups in total. The minimum Gasteiger partial charge on any atom is -0.459 e. The Morgan fingerprint density at radius 2 is 2.00 bits per heavy atom. The highest BCUT2D eigenvalue weighted by molar-refractivity contribution is 6.37. The topological polar surface area (TPSA) is 76.5 Å². The van der Waals surface area contributed by atoms with Crippen LogP contribution in [0.5, 0.6) is 0 Å². The number of aliphatic hydroxyl groups excluding tert-OH is 1. The van der Waals surface area contributed by atoms with Gasteiger partial charge >= 0.3 is 0 Å². The first-order valence-electron chi connectivity index (χ1n) is 4.86. The Morgan fingerprint density at radius 3 is 2.56 bits per heavy atom. The summed E-state index contributed by atoms with van der Waals surface area (Å²) in [6, 6.07) is 5.67. The van der Waals surface area contributed by atoms with Crippen LogP contribution in [0.25, 0.3) is 11.3 Å². The van der Waals surface area contributed by atoms with E-state index < -0.39 is 4.92 Å². The number of nitrogens with zero attached hydrogens (tertiary/aromatic N) is 1. The molecular weight excluding hydrogens is 281 g/mol. The third kappa shape index (κ3) is 2.33. The fraction of sp³-hybridized carbons (Fsp3) is 0.0909. The molecule has 5 nitrogen and oxygen atoms in total. The van der Waals surface area contributed by atoms with Gasteiger partial charge in [0.2, 0.25) is 0 Å². The molecule has 1 heterocycles. The fourth-order valence-corrected chi connectivity index (χ4v) is 2.02. The van der Waals surface area contributed by atoms with Crippen LogP contribution >= 0.6 is 23.2 Å². The van der Waals surface area contributed by atoms with Crippen LogP contribution in [0.1, 0.15) is 5.76 Å². The summed E-state index contributed by atoms with van der Waals surface area (Å²) in [5.74, 6) is 0.683. The normalized spacial score (nSPS) is 10.6. The summed E-state index contributed by atoms with van der Waals surface area (Å²) in [7, 11) is 0. The number of furan rings is 1. The molecule has 94 valence electrons. The second-order valence-electron chi connectivity index (χ2n) is 3.46. The summed E-state index contributed by atoms with van der Waals surface area (Å²) in [5.41, 5.74) is 0.102. The molecule has 0 saturated heterocycles. The average molecular weight is 288 g/mol. The molecule has 0 atom stereocenters. The predicted molar refractivity (Wildman–Crippen MR) is 66.7 cm³/mol. The van der Waals surface area contributed by atoms with Gasteiger partial charge in [-0.05, 0) is 18.2 Å². The van der Waals surface area contributed by atoms with Gasteiger partial charge in [0, 0.05) is 11.6 Å². The van der Waals surface area contributed by atoms with Crippen molar-refractivity contribution in [3.05, 3.63) is 50.2 Å². The van der Waals surface area contributed by atoms with E-state index in [9.17, 15) is 10.1 Å². The van der Waals surface area contributed by atoms with Gasteiger partial charge in [0.1, 0.15) is 23.2 Å². The van der Waals surface area contributed by atoms with Crippen molar-refractivity contribution in [3.8, 4) is 11.3 Å². The van der Waals surface area contributed by atoms with Crippen LogP contribution < -0.4 is 0 Å². The van der Waals surface area contributed by atoms with E-state index in [1.54, 1.807) is 12.1 Å². The number of aliphatic hydroxyl groups is 1. The fourth-order valence-electron chi connectivity index (χ4n) is 1.47. The van der Waals surface area contributed by atoms with Crippen molar-refractivity contribution in [2.24, 2.45) is 0 Å². The highest BCUT2D eigenvalue weighted by atomic mass is 35.5. The molecule has 0 spiro atoms. The Labute approximate surface area is 112 Å². The molecule has 0 amide bonds. The molecule has 0 saturated carbocycles. The van der Waals surface area contributed by atoms with Gasteiger partial charge in [0.25, 0.3) is 5.69 Å². The first-order valence-corrected chi connectivity index (χ1v) is 5.62. The smallest absolute Gasteiger partial charge is 0.288 e. The molecule has 0 aliphatic carbocycles. The zero-order valence-electron chi connectivity index (χ0n) is 8.89. The average Bonchev–Trinajstić information content (AvgIpc) is 2.77. The van der Waals surface area contributed by atoms with Crippen molar-refractivity contribution < 1.29 is 14.4 Å². The molecule has 0 bridgehead atoms. The molecule has 0 aliphatic rings. The highest BCUT2D eigenvalue weighted by Gasteiger charge is 2.18. The molecule has 2 aromatic rings. The first-order chi connectivity index (χ1) is 8.52. The van der Waals surface area contributed by atoms with E-state index in [0.29, 0.717) is 17.1 Å². The summed E-state index contributed by atoms with van der Waals surface area (Å²) < 4.78 is 5.27. The molecule has 0 unspecified atom stereocenters. The molecule has 0 radical (unpaired) electrons. The number of nitro groups is 1. The lowest BCUT2D eigenvalue weighted by atomic mass is 10.1. The van der Waals surface area contributed by atoms with Crippen LogP contribution in [0, 0.1) is 10.1 Å². The standard InChI is InChI=1S/C11H7Cl2NO4/c12-8-4-9(13)10(14(16)17)3-7(8)11-2-1-6(5-15)18-11/h1-4,15H,5H2. The van der Waals surface area contributed by atoms with E-state index in [1.165, 1.54) is 12.1 Å². The molecular formula is C11H7Cl2NO4. The lowest BCUT2D eigenvalue weighted by molar-refractivity contribution is -0.384. The van der Waals surface area contributed by atoms with Crippen molar-refractivity contribution in [3.63, 3.8) is 0 Å². The minimum atomic E-state index is -0.599. The Kier molecular flexibility index (Phi) is 3.56. The summed E-state index contributed by atoms with van der Waals surface area (Å²) in [5, 5.41) is 19.9. The van der Waals surface area contributed by atoms with Gasteiger partial charge in [-0.25, -0.2) is 0 Å². The van der Waals surface area contributed by atoms with Gasteiger partial charge in [0.05, 0.1) is 9.95 Å². The molecule has 2 rings (SSSR count). The van der Waals surface area contributed by atoms with Crippen LogP contribution in [0.3, 0.4) is 0 Å². The van der Waals surface area contributed by atoms with Gasteiger partial charge in [-0.15, -0.1) is 0 Å².